The Morgan fingerprint density at radius 3 is 2.82 bits per heavy atom. The maximum absolute atomic E-state index is 5.82. The Hall–Kier alpha value is -0.910. The molecule has 0 aliphatic heterocycles. The van der Waals surface area contributed by atoms with Gasteiger partial charge in [-0.05, 0) is 13.3 Å². The van der Waals surface area contributed by atoms with E-state index in [1.54, 1.807) is 7.11 Å². The first-order valence-corrected chi connectivity index (χ1v) is 6.11. The van der Waals surface area contributed by atoms with Gasteiger partial charge in [0.2, 0.25) is 0 Å². The minimum atomic E-state index is 0.149. The number of hydrogen-bond donors (Lipinski definition) is 2. The van der Waals surface area contributed by atoms with Gasteiger partial charge in [-0.15, -0.1) is 0 Å². The van der Waals surface area contributed by atoms with Crippen LogP contribution in [0.5, 0.6) is 0 Å². The molecule has 0 saturated carbocycles. The van der Waals surface area contributed by atoms with Gasteiger partial charge in [0.15, 0.2) is 0 Å². The molecule has 5 nitrogen and oxygen atoms in total. The second-order valence-corrected chi connectivity index (χ2v) is 4.30. The highest BCUT2D eigenvalue weighted by molar-refractivity contribution is 5.21. The van der Waals surface area contributed by atoms with Crippen LogP contribution >= 0.6 is 0 Å². The lowest BCUT2D eigenvalue weighted by Crippen LogP contribution is -2.34. The Morgan fingerprint density at radius 2 is 2.29 bits per heavy atom. The maximum Gasteiger partial charge on any atom is 0.0670 e. The molecule has 0 spiro atoms. The van der Waals surface area contributed by atoms with E-state index in [4.69, 9.17) is 10.5 Å². The van der Waals surface area contributed by atoms with Gasteiger partial charge >= 0.3 is 0 Å². The van der Waals surface area contributed by atoms with Gasteiger partial charge in [-0.1, -0.05) is 6.92 Å². The molecule has 3 N–H and O–H groups in total. The largest absolute Gasteiger partial charge is 0.380 e. The summed E-state index contributed by atoms with van der Waals surface area (Å²) in [5.41, 5.74) is 8.13. The van der Waals surface area contributed by atoms with Crippen molar-refractivity contribution in [2.75, 3.05) is 20.2 Å². The quantitative estimate of drug-likeness (QED) is 0.733. The van der Waals surface area contributed by atoms with E-state index in [1.165, 1.54) is 5.56 Å². The number of nitrogens with one attached hydrogen (secondary N) is 1. The molecule has 17 heavy (non-hydrogen) atoms. The van der Waals surface area contributed by atoms with E-state index in [9.17, 15) is 0 Å². The van der Waals surface area contributed by atoms with E-state index in [1.807, 2.05) is 24.9 Å². The first-order chi connectivity index (χ1) is 8.12. The van der Waals surface area contributed by atoms with Crippen LogP contribution < -0.4 is 11.1 Å². The minimum absolute atomic E-state index is 0.149. The number of rotatable bonds is 7. The van der Waals surface area contributed by atoms with Crippen LogP contribution in [0.25, 0.3) is 0 Å². The number of nitrogens with two attached hydrogens (primary N) is 1. The molecule has 2 unspecified atom stereocenters. The first kappa shape index (κ1) is 14.2. The molecule has 0 fully saturated rings. The predicted molar refractivity (Wildman–Crippen MR) is 68.9 cm³/mol. The van der Waals surface area contributed by atoms with Crippen molar-refractivity contribution in [2.24, 2.45) is 12.8 Å². The number of ether oxygens (including phenoxy) is 1. The normalized spacial score (nSPS) is 14.9. The highest BCUT2D eigenvalue weighted by atomic mass is 16.5. The van der Waals surface area contributed by atoms with E-state index in [2.05, 4.69) is 17.3 Å². The number of aromatic nitrogens is 2. The third-order valence-corrected chi connectivity index (χ3v) is 2.94. The Labute approximate surface area is 103 Å². The Morgan fingerprint density at radius 1 is 1.59 bits per heavy atom. The molecule has 1 aromatic rings. The highest BCUT2D eigenvalue weighted by Crippen LogP contribution is 2.16. The molecular weight excluding hydrogens is 216 g/mol. The number of aryl methyl sites for hydroxylation is 2. The van der Waals surface area contributed by atoms with Crippen molar-refractivity contribution in [2.45, 2.75) is 32.4 Å². The summed E-state index contributed by atoms with van der Waals surface area (Å²) in [5.74, 6) is 0. The van der Waals surface area contributed by atoms with Crippen molar-refractivity contribution < 1.29 is 4.74 Å². The topological polar surface area (TPSA) is 65.1 Å². The van der Waals surface area contributed by atoms with Crippen molar-refractivity contribution in [1.29, 1.82) is 0 Å². The van der Waals surface area contributed by atoms with Crippen molar-refractivity contribution >= 4 is 0 Å². The van der Waals surface area contributed by atoms with Crippen molar-refractivity contribution in [3.63, 3.8) is 0 Å². The van der Waals surface area contributed by atoms with Crippen molar-refractivity contribution in [3.05, 3.63) is 17.5 Å². The third kappa shape index (κ3) is 3.80. The molecule has 2 atom stereocenters. The zero-order valence-electron chi connectivity index (χ0n) is 11.2. The van der Waals surface area contributed by atoms with Gasteiger partial charge in [-0.3, -0.25) is 4.68 Å². The van der Waals surface area contributed by atoms with Crippen LogP contribution in [0.1, 0.15) is 31.1 Å². The maximum atomic E-state index is 5.82. The second kappa shape index (κ2) is 6.74. The molecule has 0 saturated heterocycles. The number of nitrogens with zero attached hydrogens (tertiary/aromatic N) is 2. The fraction of sp³-hybridized carbons (Fsp3) is 0.750. The van der Waals surface area contributed by atoms with Gasteiger partial charge in [0.25, 0.3) is 0 Å². The van der Waals surface area contributed by atoms with Gasteiger partial charge in [-0.25, -0.2) is 0 Å². The average molecular weight is 240 g/mol. The SMILES string of the molecule is CCc1nn(C)cc1C(CN)NCC(C)OC. The molecule has 0 bridgehead atoms. The van der Waals surface area contributed by atoms with Gasteiger partial charge in [0.1, 0.15) is 0 Å². The zero-order chi connectivity index (χ0) is 12.8. The summed E-state index contributed by atoms with van der Waals surface area (Å²) >= 11 is 0. The van der Waals surface area contributed by atoms with Gasteiger partial charge < -0.3 is 15.8 Å². The summed E-state index contributed by atoms with van der Waals surface area (Å²) in [6, 6.07) is 0.149. The van der Waals surface area contributed by atoms with E-state index in [0.29, 0.717) is 6.54 Å². The summed E-state index contributed by atoms with van der Waals surface area (Å²) in [7, 11) is 3.65. The number of methoxy groups -OCH3 is 1. The fourth-order valence-electron chi connectivity index (χ4n) is 1.83. The predicted octanol–water partition coefficient (Wildman–Crippen LogP) is 0.607. The Bertz CT molecular complexity index is 337. The van der Waals surface area contributed by atoms with E-state index in [-0.39, 0.29) is 12.1 Å². The number of hydrogen-bond acceptors (Lipinski definition) is 4. The van der Waals surface area contributed by atoms with Crippen LogP contribution in [0, 0.1) is 0 Å². The van der Waals surface area contributed by atoms with Crippen molar-refractivity contribution in [1.82, 2.24) is 15.1 Å². The monoisotopic (exact) mass is 240 g/mol. The Kier molecular flexibility index (Phi) is 5.61. The summed E-state index contributed by atoms with van der Waals surface area (Å²) in [6.07, 6.45) is 3.15. The molecule has 0 aliphatic carbocycles. The lowest BCUT2D eigenvalue weighted by atomic mass is 10.1. The summed E-state index contributed by atoms with van der Waals surface area (Å²) in [5, 5.41) is 7.86. The molecule has 1 aromatic heterocycles. The lowest BCUT2D eigenvalue weighted by Gasteiger charge is -2.19. The summed E-state index contributed by atoms with van der Waals surface area (Å²) in [6.45, 7) is 5.49. The molecular formula is C12H24N4O. The molecule has 5 heteroatoms. The average Bonchev–Trinajstić information content (AvgIpc) is 2.71. The van der Waals surface area contributed by atoms with Gasteiger partial charge in [-0.2, -0.15) is 5.10 Å². The fourth-order valence-corrected chi connectivity index (χ4v) is 1.83. The summed E-state index contributed by atoms with van der Waals surface area (Å²) in [4.78, 5) is 0. The summed E-state index contributed by atoms with van der Waals surface area (Å²) < 4.78 is 7.06. The molecule has 98 valence electrons. The van der Waals surface area contributed by atoms with Crippen molar-refractivity contribution in [3.8, 4) is 0 Å². The van der Waals surface area contributed by atoms with Crippen LogP contribution in [-0.2, 0) is 18.2 Å². The van der Waals surface area contributed by atoms with Gasteiger partial charge in [0, 0.05) is 45.0 Å². The van der Waals surface area contributed by atoms with Crippen LogP contribution in [-0.4, -0.2) is 36.1 Å². The molecule has 0 radical (unpaired) electrons. The molecule has 0 aromatic carbocycles. The minimum Gasteiger partial charge on any atom is -0.380 e. The van der Waals surface area contributed by atoms with Gasteiger partial charge in [0.05, 0.1) is 11.8 Å². The Balaban J connectivity index is 2.71. The third-order valence-electron chi connectivity index (χ3n) is 2.94. The molecule has 1 rings (SSSR count). The van der Waals surface area contributed by atoms with E-state index < -0.39 is 0 Å². The van der Waals surface area contributed by atoms with Crippen LogP contribution in [0.4, 0.5) is 0 Å². The smallest absolute Gasteiger partial charge is 0.0670 e. The zero-order valence-corrected chi connectivity index (χ0v) is 11.2. The van der Waals surface area contributed by atoms with Crippen LogP contribution in [0.2, 0.25) is 0 Å². The van der Waals surface area contributed by atoms with E-state index >= 15 is 0 Å². The molecule has 0 amide bonds. The molecule has 1 heterocycles. The first-order valence-electron chi connectivity index (χ1n) is 6.11. The van der Waals surface area contributed by atoms with Crippen LogP contribution in [0.15, 0.2) is 6.20 Å². The standard InChI is InChI=1S/C12H24N4O/c1-5-11-10(8-16(3)15-11)12(6-13)14-7-9(2)17-4/h8-9,12,14H,5-7,13H2,1-4H3. The van der Waals surface area contributed by atoms with E-state index in [0.717, 1.165) is 18.7 Å². The van der Waals surface area contributed by atoms with Crippen LogP contribution in [0.3, 0.4) is 0 Å². The second-order valence-electron chi connectivity index (χ2n) is 4.30. The highest BCUT2D eigenvalue weighted by Gasteiger charge is 2.16. The molecule has 0 aliphatic rings. The lowest BCUT2D eigenvalue weighted by molar-refractivity contribution is 0.114.